The van der Waals surface area contributed by atoms with Crippen molar-refractivity contribution in [3.63, 3.8) is 0 Å². The number of hydrogen-bond acceptors (Lipinski definition) is 8. The van der Waals surface area contributed by atoms with Crippen molar-refractivity contribution >= 4 is 5.91 Å². The third kappa shape index (κ3) is 5.47. The van der Waals surface area contributed by atoms with Gasteiger partial charge in [-0.3, -0.25) is 14.3 Å². The quantitative estimate of drug-likeness (QED) is 0.382. The van der Waals surface area contributed by atoms with Gasteiger partial charge in [-0.2, -0.15) is 10.2 Å². The zero-order valence-corrected chi connectivity index (χ0v) is 19.8. The predicted molar refractivity (Wildman–Crippen MR) is 130 cm³/mol. The molecule has 1 saturated heterocycles. The fraction of sp³-hybridized carbons (Fsp3) is 0.280. The first kappa shape index (κ1) is 23.4. The molecule has 1 aromatic carbocycles. The minimum absolute atomic E-state index is 0.0706. The van der Waals surface area contributed by atoms with Gasteiger partial charge in [-0.1, -0.05) is 18.2 Å². The van der Waals surface area contributed by atoms with E-state index in [0.29, 0.717) is 50.0 Å². The molecule has 3 aromatic heterocycles. The molecule has 0 radical (unpaired) electrons. The van der Waals surface area contributed by atoms with E-state index < -0.39 is 0 Å². The van der Waals surface area contributed by atoms with E-state index in [0.717, 1.165) is 16.8 Å². The second kappa shape index (κ2) is 10.5. The average molecular weight is 488 g/mol. The van der Waals surface area contributed by atoms with Gasteiger partial charge in [0, 0.05) is 44.4 Å². The molecule has 184 valence electrons. The lowest BCUT2D eigenvalue weighted by Crippen LogP contribution is -2.42. The summed E-state index contributed by atoms with van der Waals surface area (Å²) < 4.78 is 14.1. The molecule has 5 rings (SSSR count). The Balaban J connectivity index is 1.26. The molecule has 0 N–H and O–H groups in total. The smallest absolute Gasteiger partial charge is 0.260 e. The predicted octanol–water partition coefficient (Wildman–Crippen LogP) is 1.25. The Labute approximate surface area is 206 Å². The summed E-state index contributed by atoms with van der Waals surface area (Å²) in [6, 6.07) is 9.15. The highest BCUT2D eigenvalue weighted by Gasteiger charge is 2.17. The summed E-state index contributed by atoms with van der Waals surface area (Å²) in [5.74, 6) is 0.839. The Morgan fingerprint density at radius 1 is 1.11 bits per heavy atom. The van der Waals surface area contributed by atoms with Gasteiger partial charge in [0.2, 0.25) is 5.43 Å². The number of carbonyl (C=O) groups is 1. The number of amides is 1. The first-order chi connectivity index (χ1) is 17.5. The van der Waals surface area contributed by atoms with Gasteiger partial charge in [-0.25, -0.2) is 14.6 Å². The largest absolute Gasteiger partial charge is 0.481 e. The first-order valence-corrected chi connectivity index (χ1v) is 11.5. The maximum atomic E-state index is 12.4. The van der Waals surface area contributed by atoms with Crippen LogP contribution in [0.5, 0.6) is 5.75 Å². The summed E-state index contributed by atoms with van der Waals surface area (Å²) in [5, 5.41) is 8.65. The summed E-state index contributed by atoms with van der Waals surface area (Å²) in [6.07, 6.45) is 8.60. The van der Waals surface area contributed by atoms with Crippen molar-refractivity contribution in [2.75, 3.05) is 32.9 Å². The molecular formula is C25H25N7O4. The Morgan fingerprint density at radius 3 is 2.67 bits per heavy atom. The third-order valence-electron chi connectivity index (χ3n) is 5.75. The van der Waals surface area contributed by atoms with Crippen LogP contribution in [0.3, 0.4) is 0 Å². The van der Waals surface area contributed by atoms with Crippen molar-refractivity contribution in [3.05, 3.63) is 82.8 Å². The molecule has 11 heteroatoms. The van der Waals surface area contributed by atoms with E-state index >= 15 is 0 Å². The maximum absolute atomic E-state index is 12.4. The van der Waals surface area contributed by atoms with Gasteiger partial charge in [-0.15, -0.1) is 0 Å². The van der Waals surface area contributed by atoms with Crippen LogP contribution in [-0.2, 0) is 23.0 Å². The monoisotopic (exact) mass is 487 g/mol. The maximum Gasteiger partial charge on any atom is 0.260 e. The Kier molecular flexibility index (Phi) is 6.80. The van der Waals surface area contributed by atoms with Crippen LogP contribution in [0.1, 0.15) is 11.3 Å². The molecule has 1 amide bonds. The first-order valence-electron chi connectivity index (χ1n) is 11.5. The van der Waals surface area contributed by atoms with Crippen LogP contribution in [0.25, 0.3) is 17.1 Å². The molecule has 1 fully saturated rings. The summed E-state index contributed by atoms with van der Waals surface area (Å²) in [4.78, 5) is 35.2. The van der Waals surface area contributed by atoms with Gasteiger partial charge in [0.05, 0.1) is 38.0 Å². The minimum Gasteiger partial charge on any atom is -0.481 e. The normalized spacial score (nSPS) is 13.5. The zero-order valence-electron chi connectivity index (χ0n) is 19.8. The number of aryl methyl sites for hydroxylation is 1. The number of rotatable bonds is 7. The lowest BCUT2D eigenvalue weighted by molar-refractivity contribution is -0.137. The number of morpholine rings is 1. The van der Waals surface area contributed by atoms with E-state index in [1.165, 1.54) is 6.07 Å². The molecule has 4 heterocycles. The lowest BCUT2D eigenvalue weighted by atomic mass is 10.1. The van der Waals surface area contributed by atoms with Crippen molar-refractivity contribution < 1.29 is 14.3 Å². The van der Waals surface area contributed by atoms with Crippen LogP contribution in [0.2, 0.25) is 0 Å². The molecule has 0 bridgehead atoms. The Morgan fingerprint density at radius 2 is 1.92 bits per heavy atom. The van der Waals surface area contributed by atoms with E-state index in [9.17, 15) is 9.59 Å². The molecule has 1 aliphatic heterocycles. The number of nitrogens with zero attached hydrogens (tertiary/aromatic N) is 7. The summed E-state index contributed by atoms with van der Waals surface area (Å²) in [7, 11) is 1.82. The van der Waals surface area contributed by atoms with Gasteiger partial charge in [0.25, 0.3) is 5.91 Å². The average Bonchev–Trinajstić information content (AvgIpc) is 3.36. The van der Waals surface area contributed by atoms with Crippen LogP contribution < -0.4 is 10.2 Å². The van der Waals surface area contributed by atoms with E-state index in [1.54, 1.807) is 39.1 Å². The number of benzene rings is 1. The highest BCUT2D eigenvalue weighted by molar-refractivity contribution is 5.77. The SMILES string of the molecule is Cn1cc(-n2ccc(=O)c(Cc3cccc(-c4ncc(OCC(=O)N5CCOCC5)cn4)c3)n2)cn1. The van der Waals surface area contributed by atoms with Crippen molar-refractivity contribution in [1.82, 2.24) is 34.4 Å². The third-order valence-corrected chi connectivity index (χ3v) is 5.75. The van der Waals surface area contributed by atoms with Crippen LogP contribution in [0.15, 0.2) is 66.1 Å². The number of ether oxygens (including phenoxy) is 2. The zero-order chi connectivity index (χ0) is 24.9. The summed E-state index contributed by atoms with van der Waals surface area (Å²) >= 11 is 0. The summed E-state index contributed by atoms with van der Waals surface area (Å²) in [6.45, 7) is 2.17. The molecule has 36 heavy (non-hydrogen) atoms. The highest BCUT2D eigenvalue weighted by Crippen LogP contribution is 2.19. The second-order valence-corrected chi connectivity index (χ2v) is 8.34. The number of aromatic nitrogens is 6. The van der Waals surface area contributed by atoms with Gasteiger partial charge in [0.1, 0.15) is 11.4 Å². The van der Waals surface area contributed by atoms with Crippen LogP contribution in [-0.4, -0.2) is 73.2 Å². The van der Waals surface area contributed by atoms with Crippen molar-refractivity contribution in [2.45, 2.75) is 6.42 Å². The van der Waals surface area contributed by atoms with E-state index in [4.69, 9.17) is 9.47 Å². The second-order valence-electron chi connectivity index (χ2n) is 8.34. The molecular weight excluding hydrogens is 462 g/mol. The fourth-order valence-electron chi connectivity index (χ4n) is 3.84. The summed E-state index contributed by atoms with van der Waals surface area (Å²) in [5.41, 5.74) is 2.76. The molecule has 4 aromatic rings. The van der Waals surface area contributed by atoms with Gasteiger partial charge in [-0.05, 0) is 11.6 Å². The van der Waals surface area contributed by atoms with Gasteiger partial charge >= 0.3 is 0 Å². The molecule has 0 aliphatic carbocycles. The van der Waals surface area contributed by atoms with Crippen LogP contribution >= 0.6 is 0 Å². The Bertz CT molecular complexity index is 1410. The lowest BCUT2D eigenvalue weighted by Gasteiger charge is -2.26. The molecule has 0 saturated carbocycles. The van der Waals surface area contributed by atoms with E-state index in [2.05, 4.69) is 20.2 Å². The molecule has 0 atom stereocenters. The van der Waals surface area contributed by atoms with Crippen molar-refractivity contribution in [1.29, 1.82) is 0 Å². The standard InChI is InChI=1S/C25H25N7O4/c1-30-16-20(13-28-30)32-6-5-23(33)22(29-32)12-18-3-2-4-19(11-18)25-26-14-21(15-27-25)36-17-24(34)31-7-9-35-10-8-31/h2-6,11,13-16H,7-10,12,17H2,1H3. The van der Waals surface area contributed by atoms with E-state index in [1.807, 2.05) is 37.5 Å². The molecule has 0 unspecified atom stereocenters. The molecule has 0 spiro atoms. The highest BCUT2D eigenvalue weighted by atomic mass is 16.5. The van der Waals surface area contributed by atoms with E-state index in [-0.39, 0.29) is 17.9 Å². The van der Waals surface area contributed by atoms with Gasteiger partial charge < -0.3 is 14.4 Å². The number of carbonyl (C=O) groups excluding carboxylic acids is 1. The Hall–Kier alpha value is -4.38. The minimum atomic E-state index is -0.134. The van der Waals surface area contributed by atoms with Crippen molar-refractivity contribution in [2.24, 2.45) is 7.05 Å². The van der Waals surface area contributed by atoms with Crippen molar-refractivity contribution in [3.8, 4) is 22.8 Å². The van der Waals surface area contributed by atoms with Crippen LogP contribution in [0.4, 0.5) is 0 Å². The molecule has 11 nitrogen and oxygen atoms in total. The number of hydrogen-bond donors (Lipinski definition) is 0. The van der Waals surface area contributed by atoms with Gasteiger partial charge in [0.15, 0.2) is 18.2 Å². The van der Waals surface area contributed by atoms with Crippen LogP contribution in [0, 0.1) is 0 Å². The molecule has 1 aliphatic rings. The topological polar surface area (TPSA) is 117 Å². The fourth-order valence-corrected chi connectivity index (χ4v) is 3.84.